The average Bonchev–Trinajstić information content (AvgIpc) is 2.37. The highest BCUT2D eigenvalue weighted by Gasteiger charge is 2.04. The molecule has 0 saturated heterocycles. The largest absolute Gasteiger partial charge is 0.435 e. The number of allylic oxidation sites excluding steroid dienone is 2. The lowest BCUT2D eigenvalue weighted by atomic mass is 10.2. The normalized spacial score (nSPS) is 11.9. The zero-order chi connectivity index (χ0) is 14.3. The lowest BCUT2D eigenvalue weighted by molar-refractivity contribution is -0.0498. The predicted octanol–water partition coefficient (Wildman–Crippen LogP) is 4.45. The number of halogens is 2. The van der Waals surface area contributed by atoms with Gasteiger partial charge in [-0.15, -0.1) is 0 Å². The fourth-order valence-electron chi connectivity index (χ4n) is 1.25. The van der Waals surface area contributed by atoms with E-state index in [1.165, 1.54) is 12.1 Å². The molecule has 1 aromatic carbocycles. The van der Waals surface area contributed by atoms with Crippen molar-refractivity contribution in [3.05, 3.63) is 48.8 Å². The number of ether oxygens (including phenoxy) is 1. The Morgan fingerprint density at radius 1 is 1.42 bits per heavy atom. The number of hydrogen-bond donors (Lipinski definition) is 1. The van der Waals surface area contributed by atoms with Gasteiger partial charge in [0, 0.05) is 13.3 Å². The number of benzene rings is 1. The molecule has 0 aliphatic heterocycles. The number of anilines is 1. The minimum Gasteiger partial charge on any atom is -0.435 e. The molecule has 0 saturated carbocycles. The molecular formula is C14H18F2N2O. The number of nitrogens with zero attached hydrogens (tertiary/aromatic N) is 1. The van der Waals surface area contributed by atoms with Crippen molar-refractivity contribution in [3.8, 4) is 5.75 Å². The highest BCUT2D eigenvalue weighted by atomic mass is 19.3. The van der Waals surface area contributed by atoms with Gasteiger partial charge >= 0.3 is 6.61 Å². The van der Waals surface area contributed by atoms with Gasteiger partial charge < -0.3 is 10.1 Å². The molecule has 1 rings (SSSR count). The third kappa shape index (κ3) is 5.33. The Kier molecular flexibility index (Phi) is 5.73. The van der Waals surface area contributed by atoms with E-state index < -0.39 is 6.61 Å². The molecule has 0 unspecified atom stereocenters. The van der Waals surface area contributed by atoms with Gasteiger partial charge in [0.1, 0.15) is 5.75 Å². The van der Waals surface area contributed by atoms with Crippen LogP contribution in [0.4, 0.5) is 14.5 Å². The molecule has 0 amide bonds. The van der Waals surface area contributed by atoms with E-state index in [1.807, 2.05) is 19.9 Å². The second kappa shape index (κ2) is 7.31. The lowest BCUT2D eigenvalue weighted by Gasteiger charge is -2.10. The van der Waals surface area contributed by atoms with Crippen LogP contribution in [-0.2, 0) is 0 Å². The standard InChI is InChI=1S/C14H16F2N2O.H2/c1-4-9-17-10(2)11(3)18-12-5-7-13(8-6-12)19-14(15)16;/h4-9,14,18H,3H2,1-2H3;1H/b9-4-,17-10?;. The first-order valence-electron chi connectivity index (χ1n) is 5.69. The van der Waals surface area contributed by atoms with Crippen LogP contribution in [0.15, 0.2) is 53.8 Å². The summed E-state index contributed by atoms with van der Waals surface area (Å²) in [5.74, 6) is 0.116. The van der Waals surface area contributed by atoms with Crippen molar-refractivity contribution >= 4 is 11.4 Å². The summed E-state index contributed by atoms with van der Waals surface area (Å²) < 4.78 is 28.2. The molecule has 0 atom stereocenters. The van der Waals surface area contributed by atoms with Crippen LogP contribution in [0.1, 0.15) is 15.3 Å². The van der Waals surface area contributed by atoms with Gasteiger partial charge in [0.05, 0.1) is 11.4 Å². The molecule has 0 heterocycles. The molecule has 1 N–H and O–H groups in total. The molecule has 0 fully saturated rings. The third-order valence-corrected chi connectivity index (χ3v) is 2.23. The van der Waals surface area contributed by atoms with Crippen LogP contribution >= 0.6 is 0 Å². The summed E-state index contributed by atoms with van der Waals surface area (Å²) in [6.45, 7) is 4.72. The van der Waals surface area contributed by atoms with E-state index in [-0.39, 0.29) is 7.18 Å². The van der Waals surface area contributed by atoms with E-state index in [0.29, 0.717) is 5.70 Å². The van der Waals surface area contributed by atoms with Crippen molar-refractivity contribution in [2.24, 2.45) is 4.99 Å². The Morgan fingerprint density at radius 2 is 2.05 bits per heavy atom. The minimum absolute atomic E-state index is 0. The topological polar surface area (TPSA) is 33.6 Å². The summed E-state index contributed by atoms with van der Waals surface area (Å²) in [6, 6.07) is 6.18. The second-order valence-electron chi connectivity index (χ2n) is 3.70. The molecule has 0 radical (unpaired) electrons. The predicted molar refractivity (Wildman–Crippen MR) is 75.9 cm³/mol. The first kappa shape index (κ1) is 14.9. The zero-order valence-electron chi connectivity index (χ0n) is 10.9. The van der Waals surface area contributed by atoms with Crippen LogP contribution in [0.3, 0.4) is 0 Å². The van der Waals surface area contributed by atoms with E-state index in [4.69, 9.17) is 0 Å². The number of aliphatic imine (C=N–C) groups is 1. The minimum atomic E-state index is -2.82. The molecule has 1 aromatic rings. The van der Waals surface area contributed by atoms with Crippen molar-refractivity contribution in [2.75, 3.05) is 5.32 Å². The Hall–Kier alpha value is -2.17. The van der Waals surface area contributed by atoms with E-state index in [2.05, 4.69) is 21.6 Å². The summed E-state index contributed by atoms with van der Waals surface area (Å²) >= 11 is 0. The number of nitrogens with one attached hydrogen (secondary N) is 1. The van der Waals surface area contributed by atoms with Gasteiger partial charge in [0.25, 0.3) is 0 Å². The molecule has 0 aliphatic rings. The van der Waals surface area contributed by atoms with Crippen LogP contribution in [0.2, 0.25) is 0 Å². The fourth-order valence-corrected chi connectivity index (χ4v) is 1.25. The molecule has 0 aliphatic carbocycles. The second-order valence-corrected chi connectivity index (χ2v) is 3.70. The van der Waals surface area contributed by atoms with Gasteiger partial charge in [-0.05, 0) is 38.1 Å². The molecule has 0 bridgehead atoms. The monoisotopic (exact) mass is 268 g/mol. The van der Waals surface area contributed by atoms with Crippen molar-refractivity contribution in [3.63, 3.8) is 0 Å². The number of hydrogen-bond acceptors (Lipinski definition) is 3. The van der Waals surface area contributed by atoms with Crippen LogP contribution in [0, 0.1) is 0 Å². The maximum absolute atomic E-state index is 12.0. The molecule has 0 spiro atoms. The average molecular weight is 268 g/mol. The number of alkyl halides is 2. The Balaban J connectivity index is 0.00000361. The summed E-state index contributed by atoms with van der Waals surface area (Å²) in [7, 11) is 0. The van der Waals surface area contributed by atoms with Crippen LogP contribution in [-0.4, -0.2) is 12.3 Å². The van der Waals surface area contributed by atoms with Crippen molar-refractivity contribution in [1.82, 2.24) is 0 Å². The molecule has 19 heavy (non-hydrogen) atoms. The smallest absolute Gasteiger partial charge is 0.387 e. The molecule has 0 aromatic heterocycles. The van der Waals surface area contributed by atoms with Gasteiger partial charge in [0.15, 0.2) is 0 Å². The molecule has 3 nitrogen and oxygen atoms in total. The van der Waals surface area contributed by atoms with Crippen LogP contribution in [0.5, 0.6) is 5.75 Å². The van der Waals surface area contributed by atoms with Crippen molar-refractivity contribution in [1.29, 1.82) is 0 Å². The Bertz CT molecular complexity index is 484. The highest BCUT2D eigenvalue weighted by molar-refractivity contribution is 6.00. The summed E-state index contributed by atoms with van der Waals surface area (Å²) in [4.78, 5) is 4.15. The summed E-state index contributed by atoms with van der Waals surface area (Å²) in [5.41, 5.74) is 2.10. The zero-order valence-corrected chi connectivity index (χ0v) is 10.9. The van der Waals surface area contributed by atoms with E-state index in [1.54, 1.807) is 18.3 Å². The van der Waals surface area contributed by atoms with E-state index in [0.717, 1.165) is 11.4 Å². The maximum Gasteiger partial charge on any atom is 0.387 e. The summed E-state index contributed by atoms with van der Waals surface area (Å²) in [5, 5.41) is 3.03. The molecular weight excluding hydrogens is 250 g/mol. The highest BCUT2D eigenvalue weighted by Crippen LogP contribution is 2.18. The van der Waals surface area contributed by atoms with E-state index >= 15 is 0 Å². The molecule has 104 valence electrons. The van der Waals surface area contributed by atoms with Gasteiger partial charge in [-0.1, -0.05) is 12.7 Å². The first-order chi connectivity index (χ1) is 9.02. The number of rotatable bonds is 6. The third-order valence-electron chi connectivity index (χ3n) is 2.23. The fraction of sp³-hybridized carbons (Fsp3) is 0.214. The van der Waals surface area contributed by atoms with Gasteiger partial charge in [-0.25, -0.2) is 0 Å². The Labute approximate surface area is 112 Å². The Morgan fingerprint density at radius 3 is 2.58 bits per heavy atom. The van der Waals surface area contributed by atoms with Gasteiger partial charge in [-0.3, -0.25) is 4.99 Å². The maximum atomic E-state index is 12.0. The van der Waals surface area contributed by atoms with E-state index in [9.17, 15) is 8.78 Å². The molecule has 5 heteroatoms. The van der Waals surface area contributed by atoms with Crippen LogP contribution < -0.4 is 10.1 Å². The summed E-state index contributed by atoms with van der Waals surface area (Å²) in [6.07, 6.45) is 3.48. The van der Waals surface area contributed by atoms with Crippen molar-refractivity contribution < 1.29 is 14.9 Å². The quantitative estimate of drug-likeness (QED) is 0.773. The van der Waals surface area contributed by atoms with Gasteiger partial charge in [-0.2, -0.15) is 8.78 Å². The lowest BCUT2D eigenvalue weighted by Crippen LogP contribution is -2.07. The van der Waals surface area contributed by atoms with Gasteiger partial charge in [0.2, 0.25) is 0 Å². The SMILES string of the molecule is C=C(Nc1ccc(OC(F)F)cc1)C(C)=N/C=C\C.[HH]. The van der Waals surface area contributed by atoms with Crippen LogP contribution in [0.25, 0.3) is 0 Å². The first-order valence-corrected chi connectivity index (χ1v) is 5.69. The van der Waals surface area contributed by atoms with Crippen molar-refractivity contribution in [2.45, 2.75) is 20.5 Å².